The van der Waals surface area contributed by atoms with Crippen molar-refractivity contribution in [1.82, 2.24) is 9.97 Å². The predicted molar refractivity (Wildman–Crippen MR) is 76.4 cm³/mol. The number of aromatic nitrogens is 2. The topological polar surface area (TPSA) is 65.5 Å². The van der Waals surface area contributed by atoms with E-state index >= 15 is 0 Å². The number of nitrogens with zero attached hydrogens (tertiary/aromatic N) is 2. The maximum absolute atomic E-state index is 5.72. The third-order valence-corrected chi connectivity index (χ3v) is 3.95. The minimum Gasteiger partial charge on any atom is -0.481 e. The van der Waals surface area contributed by atoms with Gasteiger partial charge in [0, 0.05) is 18.1 Å². The summed E-state index contributed by atoms with van der Waals surface area (Å²) in [6.07, 6.45) is 1.22. The van der Waals surface area contributed by atoms with Gasteiger partial charge in [0.15, 0.2) is 0 Å². The van der Waals surface area contributed by atoms with E-state index < -0.39 is 0 Å². The zero-order valence-corrected chi connectivity index (χ0v) is 12.8. The quantitative estimate of drug-likeness (QED) is 0.861. The molecule has 0 aliphatic heterocycles. The van der Waals surface area contributed by atoms with Gasteiger partial charge in [0.05, 0.1) is 26.4 Å². The van der Waals surface area contributed by atoms with Crippen LogP contribution >= 0.6 is 0 Å². The molecule has 0 amide bonds. The second kappa shape index (κ2) is 5.83. The molecule has 1 N–H and O–H groups in total. The van der Waals surface area contributed by atoms with Gasteiger partial charge in [0.2, 0.25) is 17.7 Å². The highest BCUT2D eigenvalue weighted by atomic mass is 16.5. The molecule has 1 aliphatic carbocycles. The van der Waals surface area contributed by atoms with Crippen LogP contribution in [-0.2, 0) is 4.74 Å². The lowest BCUT2D eigenvalue weighted by Crippen LogP contribution is -2.58. The first-order chi connectivity index (χ1) is 9.51. The molecule has 0 saturated heterocycles. The van der Waals surface area contributed by atoms with Crippen LogP contribution in [0, 0.1) is 5.41 Å². The van der Waals surface area contributed by atoms with E-state index in [2.05, 4.69) is 29.1 Å². The summed E-state index contributed by atoms with van der Waals surface area (Å²) >= 11 is 0. The number of hydrogen-bond donors (Lipinski definition) is 1. The molecule has 1 fully saturated rings. The van der Waals surface area contributed by atoms with Crippen LogP contribution < -0.4 is 14.8 Å². The van der Waals surface area contributed by atoms with Crippen LogP contribution in [0.3, 0.4) is 0 Å². The van der Waals surface area contributed by atoms with E-state index in [1.54, 1.807) is 20.3 Å². The van der Waals surface area contributed by atoms with E-state index in [4.69, 9.17) is 14.2 Å². The summed E-state index contributed by atoms with van der Waals surface area (Å²) in [6, 6.07) is 1.93. The molecule has 0 bridgehead atoms. The van der Waals surface area contributed by atoms with Crippen molar-refractivity contribution in [3.8, 4) is 11.8 Å². The zero-order chi connectivity index (χ0) is 14.8. The Morgan fingerprint density at radius 3 is 2.30 bits per heavy atom. The van der Waals surface area contributed by atoms with Gasteiger partial charge < -0.3 is 19.5 Å². The van der Waals surface area contributed by atoms with Crippen LogP contribution in [0.5, 0.6) is 11.8 Å². The highest BCUT2D eigenvalue weighted by molar-refractivity contribution is 5.36. The summed E-state index contributed by atoms with van der Waals surface area (Å²) in [5.74, 6) is 1.49. The Bertz CT molecular complexity index is 443. The van der Waals surface area contributed by atoms with Crippen molar-refractivity contribution < 1.29 is 14.2 Å². The van der Waals surface area contributed by atoms with Gasteiger partial charge in [-0.25, -0.2) is 0 Å². The van der Waals surface area contributed by atoms with Gasteiger partial charge in [0.1, 0.15) is 0 Å². The summed E-state index contributed by atoms with van der Waals surface area (Å²) in [4.78, 5) is 8.59. The highest BCUT2D eigenvalue weighted by Gasteiger charge is 2.49. The molecule has 0 aromatic carbocycles. The molecule has 20 heavy (non-hydrogen) atoms. The van der Waals surface area contributed by atoms with Crippen LogP contribution in [0.2, 0.25) is 0 Å². The summed E-state index contributed by atoms with van der Waals surface area (Å²) in [7, 11) is 3.15. The number of nitrogens with one attached hydrogen (secondary N) is 1. The average Bonchev–Trinajstić information content (AvgIpc) is 2.45. The van der Waals surface area contributed by atoms with Crippen LogP contribution in [0.4, 0.5) is 5.95 Å². The van der Waals surface area contributed by atoms with Crippen LogP contribution in [0.15, 0.2) is 6.07 Å². The summed E-state index contributed by atoms with van der Waals surface area (Å²) in [5.41, 5.74) is 0.0513. The van der Waals surface area contributed by atoms with Gasteiger partial charge in [-0.15, -0.1) is 0 Å². The largest absolute Gasteiger partial charge is 0.481 e. The molecular formula is C14H23N3O3. The molecule has 1 heterocycles. The molecule has 6 heteroatoms. The molecule has 6 nitrogen and oxygen atoms in total. The van der Waals surface area contributed by atoms with Crippen molar-refractivity contribution in [3.05, 3.63) is 6.07 Å². The minimum atomic E-state index is 0.0513. The zero-order valence-electron chi connectivity index (χ0n) is 12.8. The first-order valence-corrected chi connectivity index (χ1v) is 6.86. The fourth-order valence-electron chi connectivity index (χ4n) is 2.45. The Hall–Kier alpha value is -1.56. The maximum Gasteiger partial charge on any atom is 0.229 e. The van der Waals surface area contributed by atoms with Crippen LogP contribution in [0.25, 0.3) is 0 Å². The lowest BCUT2D eigenvalue weighted by molar-refractivity contribution is -0.0977. The molecular weight excluding hydrogens is 258 g/mol. The van der Waals surface area contributed by atoms with E-state index in [0.717, 1.165) is 13.0 Å². The van der Waals surface area contributed by atoms with Crippen molar-refractivity contribution in [2.24, 2.45) is 5.41 Å². The number of ether oxygens (including phenoxy) is 3. The summed E-state index contributed by atoms with van der Waals surface area (Å²) < 4.78 is 16.0. The highest BCUT2D eigenvalue weighted by Crippen LogP contribution is 2.44. The van der Waals surface area contributed by atoms with E-state index in [-0.39, 0.29) is 17.6 Å². The molecule has 1 aromatic heterocycles. The fraction of sp³-hybridized carbons (Fsp3) is 0.714. The molecule has 0 spiro atoms. The Kier molecular flexibility index (Phi) is 4.32. The third kappa shape index (κ3) is 2.80. The van der Waals surface area contributed by atoms with Gasteiger partial charge in [-0.3, -0.25) is 0 Å². The Morgan fingerprint density at radius 1 is 1.25 bits per heavy atom. The van der Waals surface area contributed by atoms with E-state index in [1.165, 1.54) is 0 Å². The van der Waals surface area contributed by atoms with Gasteiger partial charge in [-0.05, 0) is 13.3 Å². The van der Waals surface area contributed by atoms with Crippen molar-refractivity contribution in [2.75, 3.05) is 26.1 Å². The SMILES string of the molecule is CCOC1CC(Nc2nc(OC)cc(OC)n2)C1(C)C. The van der Waals surface area contributed by atoms with Crippen molar-refractivity contribution in [3.63, 3.8) is 0 Å². The Morgan fingerprint density at radius 2 is 1.85 bits per heavy atom. The van der Waals surface area contributed by atoms with Gasteiger partial charge in [-0.1, -0.05) is 13.8 Å². The van der Waals surface area contributed by atoms with Gasteiger partial charge >= 0.3 is 0 Å². The molecule has 1 aliphatic rings. The van der Waals surface area contributed by atoms with Crippen molar-refractivity contribution in [2.45, 2.75) is 39.3 Å². The number of methoxy groups -OCH3 is 2. The molecule has 112 valence electrons. The second-order valence-corrected chi connectivity index (χ2v) is 5.47. The number of hydrogen-bond acceptors (Lipinski definition) is 6. The predicted octanol–water partition coefficient (Wildman–Crippen LogP) is 2.11. The molecule has 0 radical (unpaired) electrons. The maximum atomic E-state index is 5.72. The van der Waals surface area contributed by atoms with Crippen molar-refractivity contribution >= 4 is 5.95 Å². The van der Waals surface area contributed by atoms with E-state index in [0.29, 0.717) is 17.7 Å². The number of rotatable bonds is 6. The Balaban J connectivity index is 2.07. The molecule has 1 aromatic rings. The van der Waals surface area contributed by atoms with E-state index in [9.17, 15) is 0 Å². The second-order valence-electron chi connectivity index (χ2n) is 5.47. The fourth-order valence-corrected chi connectivity index (χ4v) is 2.45. The average molecular weight is 281 g/mol. The lowest BCUT2D eigenvalue weighted by Gasteiger charge is -2.51. The third-order valence-electron chi connectivity index (χ3n) is 3.95. The molecule has 1 saturated carbocycles. The summed E-state index contributed by atoms with van der Waals surface area (Å²) in [6.45, 7) is 7.13. The van der Waals surface area contributed by atoms with Crippen LogP contribution in [0.1, 0.15) is 27.2 Å². The normalized spacial score (nSPS) is 23.9. The minimum absolute atomic E-state index is 0.0513. The Labute approximate surface area is 119 Å². The molecule has 2 unspecified atom stereocenters. The van der Waals surface area contributed by atoms with Gasteiger partial charge in [-0.2, -0.15) is 9.97 Å². The van der Waals surface area contributed by atoms with Crippen molar-refractivity contribution in [1.29, 1.82) is 0 Å². The number of anilines is 1. The summed E-state index contributed by atoms with van der Waals surface area (Å²) in [5, 5.41) is 3.34. The lowest BCUT2D eigenvalue weighted by atomic mass is 9.64. The molecule has 2 rings (SSSR count). The van der Waals surface area contributed by atoms with Crippen LogP contribution in [-0.4, -0.2) is 42.9 Å². The van der Waals surface area contributed by atoms with Gasteiger partial charge in [0.25, 0.3) is 0 Å². The standard InChI is InChI=1S/C14H23N3O3/c1-6-20-10-7-9(14(10,2)3)15-13-16-11(18-4)8-12(17-13)19-5/h8-10H,6-7H2,1-5H3,(H,15,16,17). The first kappa shape index (κ1) is 14.8. The smallest absolute Gasteiger partial charge is 0.229 e. The molecule has 2 atom stereocenters. The van der Waals surface area contributed by atoms with E-state index in [1.807, 2.05) is 6.92 Å². The monoisotopic (exact) mass is 281 g/mol. The first-order valence-electron chi connectivity index (χ1n) is 6.86.